The zero-order chi connectivity index (χ0) is 13.0. The van der Waals surface area contributed by atoms with E-state index in [1.807, 2.05) is 12.1 Å². The van der Waals surface area contributed by atoms with Crippen molar-refractivity contribution >= 4 is 5.91 Å². The summed E-state index contributed by atoms with van der Waals surface area (Å²) in [7, 11) is 0. The van der Waals surface area contributed by atoms with Crippen molar-refractivity contribution in [2.24, 2.45) is 11.7 Å². The van der Waals surface area contributed by atoms with Crippen molar-refractivity contribution in [1.82, 2.24) is 5.32 Å². The lowest BCUT2D eigenvalue weighted by Gasteiger charge is -2.09. The summed E-state index contributed by atoms with van der Waals surface area (Å²) in [5, 5.41) is 12.4. The third kappa shape index (κ3) is 3.34. The minimum absolute atomic E-state index is 0.00134. The standard InChI is InChI=1S/C13H20N2O3/c14-11-7-9(8-12(11)16)13(17)15-5-1-3-10-4-2-6-18-10/h2,4,6,9,11-12,16H,1,3,5,7-8,14H2,(H,15,17)/t9-,11+,12+/m0/s1. The van der Waals surface area contributed by atoms with Crippen LogP contribution in [0.2, 0.25) is 0 Å². The highest BCUT2D eigenvalue weighted by Gasteiger charge is 2.34. The fourth-order valence-electron chi connectivity index (χ4n) is 2.34. The van der Waals surface area contributed by atoms with Gasteiger partial charge in [-0.05, 0) is 31.4 Å². The second kappa shape index (κ2) is 6.02. The first-order valence-electron chi connectivity index (χ1n) is 6.40. The molecular formula is C13H20N2O3. The van der Waals surface area contributed by atoms with Gasteiger partial charge in [0.25, 0.3) is 0 Å². The number of hydrogen-bond donors (Lipinski definition) is 3. The molecule has 3 atom stereocenters. The largest absolute Gasteiger partial charge is 0.469 e. The molecule has 1 aliphatic carbocycles. The Morgan fingerprint density at radius 3 is 3.00 bits per heavy atom. The van der Waals surface area contributed by atoms with Gasteiger partial charge >= 0.3 is 0 Å². The van der Waals surface area contributed by atoms with E-state index in [0.717, 1.165) is 18.6 Å². The third-order valence-corrected chi connectivity index (χ3v) is 3.43. The number of aliphatic hydroxyl groups excluding tert-OH is 1. The van der Waals surface area contributed by atoms with Crippen molar-refractivity contribution in [1.29, 1.82) is 0 Å². The van der Waals surface area contributed by atoms with E-state index in [1.54, 1.807) is 6.26 Å². The number of amides is 1. The van der Waals surface area contributed by atoms with Crippen LogP contribution in [0.4, 0.5) is 0 Å². The summed E-state index contributed by atoms with van der Waals surface area (Å²) in [6, 6.07) is 3.52. The minimum Gasteiger partial charge on any atom is -0.469 e. The van der Waals surface area contributed by atoms with Gasteiger partial charge in [-0.2, -0.15) is 0 Å². The molecular weight excluding hydrogens is 232 g/mol. The molecule has 0 aromatic carbocycles. The van der Waals surface area contributed by atoms with Gasteiger partial charge in [-0.3, -0.25) is 4.79 Å². The molecule has 1 amide bonds. The second-order valence-corrected chi connectivity index (χ2v) is 4.87. The summed E-state index contributed by atoms with van der Waals surface area (Å²) in [6.07, 6.45) is 3.83. The van der Waals surface area contributed by atoms with Crippen LogP contribution in [0.15, 0.2) is 22.8 Å². The monoisotopic (exact) mass is 252 g/mol. The molecule has 2 rings (SSSR count). The Balaban J connectivity index is 1.63. The van der Waals surface area contributed by atoms with Crippen LogP contribution in [0, 0.1) is 5.92 Å². The molecule has 1 heterocycles. The average Bonchev–Trinajstić information content (AvgIpc) is 2.96. The first-order chi connectivity index (χ1) is 8.66. The fraction of sp³-hybridized carbons (Fsp3) is 0.615. The van der Waals surface area contributed by atoms with Gasteiger partial charge in [-0.1, -0.05) is 0 Å². The number of carbonyl (C=O) groups excluding carboxylic acids is 1. The quantitative estimate of drug-likeness (QED) is 0.663. The van der Waals surface area contributed by atoms with Crippen LogP contribution in [-0.4, -0.2) is 29.7 Å². The van der Waals surface area contributed by atoms with Gasteiger partial charge in [-0.25, -0.2) is 0 Å². The zero-order valence-electron chi connectivity index (χ0n) is 10.3. The summed E-state index contributed by atoms with van der Waals surface area (Å²) in [5.41, 5.74) is 5.68. The Kier molecular flexibility index (Phi) is 4.38. The van der Waals surface area contributed by atoms with Crippen LogP contribution in [0.3, 0.4) is 0 Å². The van der Waals surface area contributed by atoms with E-state index in [4.69, 9.17) is 10.2 Å². The molecule has 0 radical (unpaired) electrons. The molecule has 5 nitrogen and oxygen atoms in total. The summed E-state index contributed by atoms with van der Waals surface area (Å²) in [6.45, 7) is 0.626. The highest BCUT2D eigenvalue weighted by molar-refractivity contribution is 5.79. The van der Waals surface area contributed by atoms with Crippen molar-refractivity contribution in [3.63, 3.8) is 0 Å². The Labute approximate surface area is 106 Å². The van der Waals surface area contributed by atoms with Crippen LogP contribution in [0.25, 0.3) is 0 Å². The molecule has 1 aliphatic rings. The number of rotatable bonds is 5. The predicted molar refractivity (Wildman–Crippen MR) is 66.7 cm³/mol. The molecule has 1 aromatic rings. The number of nitrogens with two attached hydrogens (primary N) is 1. The predicted octanol–water partition coefficient (Wildman–Crippen LogP) is 0.427. The van der Waals surface area contributed by atoms with Crippen LogP contribution >= 0.6 is 0 Å². The minimum atomic E-state index is -0.538. The number of hydrogen-bond acceptors (Lipinski definition) is 4. The van der Waals surface area contributed by atoms with E-state index in [1.165, 1.54) is 0 Å². The molecule has 18 heavy (non-hydrogen) atoms. The normalized spacial score (nSPS) is 27.3. The SMILES string of the molecule is N[C@@H]1C[C@H](C(=O)NCCCc2ccco2)C[C@H]1O. The van der Waals surface area contributed by atoms with Gasteiger partial charge in [0.05, 0.1) is 12.4 Å². The summed E-state index contributed by atoms with van der Waals surface area (Å²) in [4.78, 5) is 11.8. The second-order valence-electron chi connectivity index (χ2n) is 4.87. The number of nitrogens with one attached hydrogen (secondary N) is 1. The van der Waals surface area contributed by atoms with Crippen LogP contribution < -0.4 is 11.1 Å². The number of aryl methyl sites for hydroxylation is 1. The van der Waals surface area contributed by atoms with Crippen molar-refractivity contribution in [2.45, 2.75) is 37.8 Å². The lowest BCUT2D eigenvalue weighted by molar-refractivity contribution is -0.125. The molecule has 0 bridgehead atoms. The van der Waals surface area contributed by atoms with Crippen LogP contribution in [0.1, 0.15) is 25.0 Å². The highest BCUT2D eigenvalue weighted by atomic mass is 16.3. The van der Waals surface area contributed by atoms with Gasteiger partial charge in [0, 0.05) is 24.9 Å². The lowest BCUT2D eigenvalue weighted by atomic mass is 10.1. The van der Waals surface area contributed by atoms with E-state index in [-0.39, 0.29) is 17.9 Å². The molecule has 5 heteroatoms. The van der Waals surface area contributed by atoms with Crippen molar-refractivity contribution < 1.29 is 14.3 Å². The Morgan fingerprint density at radius 2 is 2.39 bits per heavy atom. The summed E-state index contributed by atoms with van der Waals surface area (Å²) in [5.74, 6) is 0.794. The van der Waals surface area contributed by atoms with E-state index in [9.17, 15) is 9.90 Å². The number of aliphatic hydroxyl groups is 1. The summed E-state index contributed by atoms with van der Waals surface area (Å²) >= 11 is 0. The molecule has 100 valence electrons. The van der Waals surface area contributed by atoms with Gasteiger partial charge < -0.3 is 20.6 Å². The third-order valence-electron chi connectivity index (χ3n) is 3.43. The Morgan fingerprint density at radius 1 is 1.56 bits per heavy atom. The van der Waals surface area contributed by atoms with Crippen molar-refractivity contribution in [3.8, 4) is 0 Å². The maximum Gasteiger partial charge on any atom is 0.223 e. The van der Waals surface area contributed by atoms with Crippen molar-refractivity contribution in [2.75, 3.05) is 6.54 Å². The zero-order valence-corrected chi connectivity index (χ0v) is 10.3. The van der Waals surface area contributed by atoms with E-state index in [2.05, 4.69) is 5.32 Å². The topological polar surface area (TPSA) is 88.5 Å². The molecule has 1 fully saturated rings. The molecule has 0 unspecified atom stereocenters. The van der Waals surface area contributed by atoms with Gasteiger partial charge in [0.1, 0.15) is 5.76 Å². The Bertz CT molecular complexity index is 368. The molecule has 0 saturated heterocycles. The van der Waals surface area contributed by atoms with Crippen LogP contribution in [0.5, 0.6) is 0 Å². The first kappa shape index (κ1) is 13.1. The van der Waals surface area contributed by atoms with E-state index in [0.29, 0.717) is 19.4 Å². The van der Waals surface area contributed by atoms with Gasteiger partial charge in [-0.15, -0.1) is 0 Å². The lowest BCUT2D eigenvalue weighted by Crippen LogP contribution is -2.31. The molecule has 1 aromatic heterocycles. The fourth-order valence-corrected chi connectivity index (χ4v) is 2.34. The van der Waals surface area contributed by atoms with E-state index >= 15 is 0 Å². The molecule has 0 spiro atoms. The maximum absolute atomic E-state index is 11.8. The van der Waals surface area contributed by atoms with Gasteiger partial charge in [0.2, 0.25) is 5.91 Å². The molecule has 0 aliphatic heterocycles. The number of furan rings is 1. The Hall–Kier alpha value is -1.33. The van der Waals surface area contributed by atoms with Crippen molar-refractivity contribution in [3.05, 3.63) is 24.2 Å². The van der Waals surface area contributed by atoms with E-state index < -0.39 is 6.10 Å². The maximum atomic E-state index is 11.8. The van der Waals surface area contributed by atoms with Crippen LogP contribution in [-0.2, 0) is 11.2 Å². The molecule has 4 N–H and O–H groups in total. The summed E-state index contributed by atoms with van der Waals surface area (Å²) < 4.78 is 5.21. The highest BCUT2D eigenvalue weighted by Crippen LogP contribution is 2.24. The first-order valence-corrected chi connectivity index (χ1v) is 6.40. The average molecular weight is 252 g/mol. The van der Waals surface area contributed by atoms with Gasteiger partial charge in [0.15, 0.2) is 0 Å². The number of carbonyl (C=O) groups is 1. The molecule has 1 saturated carbocycles. The smallest absolute Gasteiger partial charge is 0.223 e.